The SMILES string of the molecule is CC[C@H](C)[C@H](NC(=O)[C@H](Cc1ccccc1)NC(=O)[C@@H](NC(=O)[C@H](CCCN=C(N)N)NC(=O)[C@@H](N)CC(=O)O)C(C)C)C(=O)N[C@@H](Cc1cnc[nH]1)C(=O)N1CCC[C@H]1C(=O)N[C@@H](Cc1ccc(O)cc1)C(=O)O. The van der Waals surface area contributed by atoms with Gasteiger partial charge in [0.05, 0.1) is 18.8 Å². The van der Waals surface area contributed by atoms with Crippen LogP contribution in [0.25, 0.3) is 0 Å². The Kier molecular flexibility index (Phi) is 23.0. The fourth-order valence-electron chi connectivity index (χ4n) is 8.31. The fourth-order valence-corrected chi connectivity index (χ4v) is 8.31. The molecule has 1 saturated heterocycles. The molecule has 2 aromatic carbocycles. The van der Waals surface area contributed by atoms with E-state index in [1.807, 2.05) is 0 Å². The first-order chi connectivity index (χ1) is 35.6. The Balaban J connectivity index is 1.57. The molecule has 0 unspecified atom stereocenters. The lowest BCUT2D eigenvalue weighted by atomic mass is 9.96. The van der Waals surface area contributed by atoms with Crippen LogP contribution in [0.4, 0.5) is 0 Å². The summed E-state index contributed by atoms with van der Waals surface area (Å²) in [4.78, 5) is 134. The summed E-state index contributed by atoms with van der Waals surface area (Å²) in [7, 11) is 0. The first-order valence-electron chi connectivity index (χ1n) is 24.8. The van der Waals surface area contributed by atoms with Gasteiger partial charge in [0.2, 0.25) is 41.4 Å². The van der Waals surface area contributed by atoms with Gasteiger partial charge in [0.25, 0.3) is 0 Å². The number of phenols is 1. The topological polar surface area (TPSA) is 409 Å². The summed E-state index contributed by atoms with van der Waals surface area (Å²) >= 11 is 0. The Morgan fingerprint density at radius 1 is 0.747 bits per heavy atom. The van der Waals surface area contributed by atoms with E-state index in [-0.39, 0.29) is 63.3 Å². The number of carbonyl (C=O) groups is 9. The lowest BCUT2D eigenvalue weighted by molar-refractivity contribution is -0.145. The minimum Gasteiger partial charge on any atom is -0.508 e. The molecule has 1 aliphatic heterocycles. The van der Waals surface area contributed by atoms with Gasteiger partial charge in [-0.15, -0.1) is 0 Å². The smallest absolute Gasteiger partial charge is 0.326 e. The van der Waals surface area contributed by atoms with E-state index < -0.39 is 120 Å². The standard InChI is InChI=1S/C50H71N13O12/c1-5-28(4)41(47(72)59-36(23-31-25-54-26-56-31)48(73)63-20-10-14-38(63)45(70)60-37(49(74)75)22-30-15-17-32(64)18-16-30)62-44(69)35(21-29-11-7-6-8-12-29)58-46(71)40(27(2)3)61-43(68)34(13-9-19-55-50(52)53)57-42(67)33(51)24-39(65)66/h6-8,11-12,15-18,25-28,33-38,40-41,64H,5,9-10,13-14,19-24,51H2,1-4H3,(H,54,56)(H,57,67)(H,58,71)(H,59,72)(H,60,70)(H,61,68)(H,62,69)(H,65,66)(H,74,75)(H4,52,53,55)/t28-,33-,34-,35-,36-,37-,38-,40-,41-/m0/s1. The average molecular weight is 1050 g/mol. The van der Waals surface area contributed by atoms with Crippen LogP contribution in [-0.2, 0) is 62.4 Å². The van der Waals surface area contributed by atoms with Crippen molar-refractivity contribution in [2.24, 2.45) is 34.0 Å². The van der Waals surface area contributed by atoms with E-state index in [4.69, 9.17) is 17.2 Å². The third-order valence-corrected chi connectivity index (χ3v) is 12.7. The van der Waals surface area contributed by atoms with Crippen molar-refractivity contribution >= 4 is 59.2 Å². The van der Waals surface area contributed by atoms with Crippen LogP contribution in [0.2, 0.25) is 0 Å². The molecule has 1 aliphatic rings. The molecule has 0 saturated carbocycles. The molecule has 1 aromatic heterocycles. The second kappa shape index (κ2) is 29.0. The van der Waals surface area contributed by atoms with E-state index in [1.54, 1.807) is 58.0 Å². The van der Waals surface area contributed by atoms with Crippen molar-refractivity contribution in [1.82, 2.24) is 46.8 Å². The first-order valence-corrected chi connectivity index (χ1v) is 24.8. The Morgan fingerprint density at radius 3 is 1.95 bits per heavy atom. The summed E-state index contributed by atoms with van der Waals surface area (Å²) in [6, 6.07) is 4.00. The molecule has 1 fully saturated rings. The van der Waals surface area contributed by atoms with Crippen LogP contribution >= 0.6 is 0 Å². The van der Waals surface area contributed by atoms with Crippen molar-refractivity contribution in [3.8, 4) is 5.75 Å². The number of likely N-dealkylation sites (tertiary alicyclic amines) is 1. The molecule has 0 bridgehead atoms. The van der Waals surface area contributed by atoms with Gasteiger partial charge in [0.1, 0.15) is 48.0 Å². The highest BCUT2D eigenvalue weighted by Crippen LogP contribution is 2.21. The van der Waals surface area contributed by atoms with E-state index in [1.165, 1.54) is 41.7 Å². The zero-order valence-electron chi connectivity index (χ0n) is 42.5. The average Bonchev–Trinajstić information content (AvgIpc) is 4.08. The zero-order chi connectivity index (χ0) is 55.4. The number of benzene rings is 2. The third kappa shape index (κ3) is 18.7. The van der Waals surface area contributed by atoms with Crippen molar-refractivity contribution in [2.75, 3.05) is 13.1 Å². The second-order valence-electron chi connectivity index (χ2n) is 18.9. The van der Waals surface area contributed by atoms with Crippen LogP contribution in [0.5, 0.6) is 5.75 Å². The second-order valence-corrected chi connectivity index (χ2v) is 18.9. The lowest BCUT2D eigenvalue weighted by Gasteiger charge is -2.32. The number of aromatic amines is 1. The maximum absolute atomic E-state index is 14.6. The normalized spacial score (nSPS) is 16.3. The van der Waals surface area contributed by atoms with E-state index >= 15 is 0 Å². The van der Waals surface area contributed by atoms with Crippen LogP contribution in [0.15, 0.2) is 72.1 Å². The third-order valence-electron chi connectivity index (χ3n) is 12.7. The molecule has 4 rings (SSSR count). The van der Waals surface area contributed by atoms with Gasteiger partial charge in [-0.1, -0.05) is 76.6 Å². The number of guanidine groups is 1. The maximum Gasteiger partial charge on any atom is 0.326 e. The number of carbonyl (C=O) groups excluding carboxylic acids is 7. The lowest BCUT2D eigenvalue weighted by Crippen LogP contribution is -2.62. The number of rotatable bonds is 29. The van der Waals surface area contributed by atoms with E-state index in [9.17, 15) is 58.5 Å². The molecule has 25 heteroatoms. The number of aromatic hydroxyl groups is 1. The number of nitrogens with one attached hydrogen (secondary N) is 7. The number of nitrogens with zero attached hydrogens (tertiary/aromatic N) is 3. The molecule has 0 radical (unpaired) electrons. The summed E-state index contributed by atoms with van der Waals surface area (Å²) in [5.41, 5.74) is 18.2. The van der Waals surface area contributed by atoms with E-state index in [2.05, 4.69) is 46.9 Å². The molecule has 25 nitrogen and oxygen atoms in total. The molecular weight excluding hydrogens is 975 g/mol. The van der Waals surface area contributed by atoms with Crippen LogP contribution in [0, 0.1) is 11.8 Å². The van der Waals surface area contributed by atoms with Crippen LogP contribution in [0.1, 0.15) is 83.0 Å². The maximum atomic E-state index is 14.6. The largest absolute Gasteiger partial charge is 0.508 e. The molecular formula is C50H71N13O12. The highest BCUT2D eigenvalue weighted by atomic mass is 16.4. The van der Waals surface area contributed by atoms with Gasteiger partial charge in [-0.25, -0.2) is 9.78 Å². The van der Waals surface area contributed by atoms with Gasteiger partial charge in [-0.05, 0) is 60.8 Å². The number of aliphatic imine (C=N–C) groups is 1. The highest BCUT2D eigenvalue weighted by Gasteiger charge is 2.41. The van der Waals surface area contributed by atoms with E-state index in [0.29, 0.717) is 29.7 Å². The van der Waals surface area contributed by atoms with E-state index in [0.717, 1.165) is 0 Å². The fraction of sp³-hybridized carbons (Fsp3) is 0.500. The Labute approximate surface area is 434 Å². The summed E-state index contributed by atoms with van der Waals surface area (Å²) in [5, 5.41) is 44.8. The minimum absolute atomic E-state index is 0.0173. The number of nitrogens with two attached hydrogens (primary N) is 3. The molecule has 9 atom stereocenters. The number of H-pyrrole nitrogens is 1. The number of aliphatic carboxylic acids is 2. The molecule has 75 heavy (non-hydrogen) atoms. The number of carboxylic acid groups (broad SMARTS) is 2. The van der Waals surface area contributed by atoms with Crippen LogP contribution in [0.3, 0.4) is 0 Å². The predicted molar refractivity (Wildman–Crippen MR) is 273 cm³/mol. The van der Waals surface area contributed by atoms with Crippen LogP contribution in [-0.4, -0.2) is 151 Å². The molecule has 0 aliphatic carbocycles. The van der Waals surface area contributed by atoms with Crippen molar-refractivity contribution < 1.29 is 58.5 Å². The van der Waals surface area contributed by atoms with Gasteiger partial charge >= 0.3 is 11.9 Å². The van der Waals surface area contributed by atoms with Gasteiger partial charge in [0, 0.05) is 44.2 Å². The van der Waals surface area contributed by atoms with Crippen molar-refractivity contribution in [3.05, 3.63) is 83.9 Å². The van der Waals surface area contributed by atoms with Gasteiger partial charge in [-0.2, -0.15) is 0 Å². The number of carboxylic acids is 2. The first kappa shape index (κ1) is 59.5. The number of imidazole rings is 1. The molecule has 7 amide bonds. The zero-order valence-corrected chi connectivity index (χ0v) is 42.5. The summed E-state index contributed by atoms with van der Waals surface area (Å²) < 4.78 is 0. The Bertz CT molecular complexity index is 2450. The number of hydrogen-bond donors (Lipinski definition) is 13. The number of amides is 7. The van der Waals surface area contributed by atoms with Crippen molar-refractivity contribution in [2.45, 2.75) is 134 Å². The monoisotopic (exact) mass is 1050 g/mol. The van der Waals surface area contributed by atoms with Crippen LogP contribution < -0.4 is 49.1 Å². The van der Waals surface area contributed by atoms with Crippen molar-refractivity contribution in [3.63, 3.8) is 0 Å². The molecule has 2 heterocycles. The Morgan fingerprint density at radius 2 is 1.35 bits per heavy atom. The molecule has 16 N–H and O–H groups in total. The molecule has 3 aromatic rings. The number of hydrogen-bond acceptors (Lipinski definition) is 13. The number of aromatic nitrogens is 2. The predicted octanol–water partition coefficient (Wildman–Crippen LogP) is -1.31. The van der Waals surface area contributed by atoms with Gasteiger partial charge in [-0.3, -0.25) is 43.3 Å². The van der Waals surface area contributed by atoms with Gasteiger partial charge in [0.15, 0.2) is 5.96 Å². The Hall–Kier alpha value is -8.09. The highest BCUT2D eigenvalue weighted by molar-refractivity contribution is 5.98. The quantitative estimate of drug-likeness (QED) is 0.0218. The minimum atomic E-state index is -1.50. The molecule has 0 spiro atoms. The number of phenolic OH excluding ortho intramolecular Hbond substituents is 1. The van der Waals surface area contributed by atoms with Crippen molar-refractivity contribution in [1.29, 1.82) is 0 Å². The summed E-state index contributed by atoms with van der Waals surface area (Å²) in [6.45, 7) is 6.97. The summed E-state index contributed by atoms with van der Waals surface area (Å²) in [5.74, 6) is -9.48. The van der Waals surface area contributed by atoms with Gasteiger partial charge < -0.3 is 74.3 Å². The molecule has 408 valence electrons. The summed E-state index contributed by atoms with van der Waals surface area (Å²) in [6.07, 6.45) is 2.94.